The zero-order chi connectivity index (χ0) is 20.1. The molecule has 1 amide bonds. The number of anilines is 3. The molecule has 0 atom stereocenters. The van der Waals surface area contributed by atoms with Crippen LogP contribution in [0.1, 0.15) is 16.1 Å². The van der Waals surface area contributed by atoms with Gasteiger partial charge in [0, 0.05) is 56.5 Å². The van der Waals surface area contributed by atoms with E-state index in [2.05, 4.69) is 55.4 Å². The van der Waals surface area contributed by atoms with Gasteiger partial charge in [-0.05, 0) is 29.8 Å². The van der Waals surface area contributed by atoms with Crippen LogP contribution < -0.4 is 16.0 Å². The third-order valence-corrected chi connectivity index (χ3v) is 5.05. The predicted molar refractivity (Wildman–Crippen MR) is 115 cm³/mol. The van der Waals surface area contributed by atoms with E-state index in [-0.39, 0.29) is 17.4 Å². The second kappa shape index (κ2) is 8.70. The summed E-state index contributed by atoms with van der Waals surface area (Å²) in [7, 11) is 0. The van der Waals surface area contributed by atoms with E-state index in [1.165, 1.54) is 18.0 Å². The molecular weight excluding hydrogens is 364 g/mol. The van der Waals surface area contributed by atoms with Gasteiger partial charge in [0.25, 0.3) is 5.91 Å². The van der Waals surface area contributed by atoms with Crippen molar-refractivity contribution in [3.8, 4) is 0 Å². The van der Waals surface area contributed by atoms with Gasteiger partial charge < -0.3 is 16.0 Å². The second-order valence-electron chi connectivity index (χ2n) is 7.04. The highest BCUT2D eigenvalue weighted by molar-refractivity contribution is 6.05. The Hall–Kier alpha value is -3.45. The number of nitrogen functional groups attached to an aromatic ring is 1. The smallest absolute Gasteiger partial charge is 0.278 e. The van der Waals surface area contributed by atoms with Gasteiger partial charge in [0.1, 0.15) is 0 Å². The number of aromatic nitrogens is 2. The van der Waals surface area contributed by atoms with Crippen LogP contribution in [-0.2, 0) is 6.54 Å². The van der Waals surface area contributed by atoms with E-state index in [4.69, 9.17) is 5.73 Å². The Balaban J connectivity index is 1.32. The summed E-state index contributed by atoms with van der Waals surface area (Å²) in [5.41, 5.74) is 9.05. The molecule has 1 fully saturated rings. The maximum Gasteiger partial charge on any atom is 0.278 e. The van der Waals surface area contributed by atoms with Gasteiger partial charge >= 0.3 is 0 Å². The van der Waals surface area contributed by atoms with Crippen LogP contribution in [0.2, 0.25) is 0 Å². The molecule has 7 heteroatoms. The van der Waals surface area contributed by atoms with Crippen LogP contribution in [0.25, 0.3) is 0 Å². The lowest BCUT2D eigenvalue weighted by Gasteiger charge is -2.36. The van der Waals surface area contributed by atoms with Gasteiger partial charge in [0.2, 0.25) is 0 Å². The fraction of sp³-hybridized carbons (Fsp3) is 0.227. The lowest BCUT2D eigenvalue weighted by molar-refractivity contribution is 0.102. The molecule has 4 rings (SSSR count). The molecule has 0 aliphatic carbocycles. The molecule has 0 radical (unpaired) electrons. The molecule has 0 saturated carbocycles. The summed E-state index contributed by atoms with van der Waals surface area (Å²) in [4.78, 5) is 25.0. The average Bonchev–Trinajstić information content (AvgIpc) is 2.76. The molecule has 0 spiro atoms. The number of benzene rings is 2. The fourth-order valence-corrected chi connectivity index (χ4v) is 3.48. The van der Waals surface area contributed by atoms with Gasteiger partial charge in [-0.1, -0.05) is 30.3 Å². The first-order valence-corrected chi connectivity index (χ1v) is 9.68. The number of piperazine rings is 1. The molecular formula is C22H24N6O. The van der Waals surface area contributed by atoms with Gasteiger partial charge in [0.15, 0.2) is 11.5 Å². The van der Waals surface area contributed by atoms with Crippen LogP contribution in [0.15, 0.2) is 67.0 Å². The van der Waals surface area contributed by atoms with Crippen molar-refractivity contribution < 1.29 is 4.79 Å². The molecule has 2 aromatic carbocycles. The Morgan fingerprint density at radius 1 is 0.931 bits per heavy atom. The lowest BCUT2D eigenvalue weighted by Crippen LogP contribution is -2.45. The zero-order valence-corrected chi connectivity index (χ0v) is 16.2. The van der Waals surface area contributed by atoms with Crippen molar-refractivity contribution in [3.63, 3.8) is 0 Å². The number of nitrogens with zero attached hydrogens (tertiary/aromatic N) is 4. The minimum absolute atomic E-state index is 0.120. The first kappa shape index (κ1) is 18.9. The number of rotatable bonds is 5. The van der Waals surface area contributed by atoms with Crippen LogP contribution >= 0.6 is 0 Å². The van der Waals surface area contributed by atoms with Crippen molar-refractivity contribution in [1.29, 1.82) is 0 Å². The van der Waals surface area contributed by atoms with E-state index in [1.54, 1.807) is 0 Å². The summed E-state index contributed by atoms with van der Waals surface area (Å²) in [5, 5.41) is 2.82. The van der Waals surface area contributed by atoms with Gasteiger partial charge in [-0.3, -0.25) is 9.69 Å². The van der Waals surface area contributed by atoms with Crippen molar-refractivity contribution in [2.45, 2.75) is 6.54 Å². The lowest BCUT2D eigenvalue weighted by atomic mass is 10.2. The summed E-state index contributed by atoms with van der Waals surface area (Å²) in [6.45, 7) is 5.01. The zero-order valence-electron chi connectivity index (χ0n) is 16.2. The molecule has 148 valence electrons. The van der Waals surface area contributed by atoms with Crippen LogP contribution in [0.5, 0.6) is 0 Å². The van der Waals surface area contributed by atoms with Crippen LogP contribution in [-0.4, -0.2) is 47.0 Å². The number of nitrogens with one attached hydrogen (secondary N) is 1. The number of carbonyl (C=O) groups excluding carboxylic acids is 1. The maximum atomic E-state index is 12.3. The number of hydrogen-bond acceptors (Lipinski definition) is 6. The van der Waals surface area contributed by atoms with Crippen molar-refractivity contribution in [2.75, 3.05) is 42.1 Å². The topological polar surface area (TPSA) is 87.4 Å². The Morgan fingerprint density at radius 3 is 2.31 bits per heavy atom. The number of amides is 1. The van der Waals surface area contributed by atoms with Gasteiger partial charge in [-0.15, -0.1) is 0 Å². The first-order chi connectivity index (χ1) is 14.2. The number of nitrogens with two attached hydrogens (primary N) is 1. The van der Waals surface area contributed by atoms with Crippen molar-refractivity contribution >= 4 is 23.1 Å². The fourth-order valence-electron chi connectivity index (χ4n) is 3.48. The standard InChI is InChI=1S/C22H24N6O/c23-21-20(24-10-11-25-21)22(29)26-18-6-8-19(9-7-18)28-14-12-27(13-15-28)16-17-4-2-1-3-5-17/h1-11H,12-16H2,(H2,23,25)(H,26,29). The molecule has 1 aliphatic rings. The molecule has 2 heterocycles. The van der Waals surface area contributed by atoms with Crippen LogP contribution in [0.4, 0.5) is 17.2 Å². The predicted octanol–water partition coefficient (Wildman–Crippen LogP) is 2.63. The van der Waals surface area contributed by atoms with Crippen molar-refractivity contribution in [3.05, 3.63) is 78.2 Å². The second-order valence-corrected chi connectivity index (χ2v) is 7.04. The molecule has 7 nitrogen and oxygen atoms in total. The summed E-state index contributed by atoms with van der Waals surface area (Å²) in [5.74, 6) is -0.243. The molecule has 3 N–H and O–H groups in total. The minimum atomic E-state index is -0.363. The largest absolute Gasteiger partial charge is 0.382 e. The van der Waals surface area contributed by atoms with E-state index in [0.29, 0.717) is 5.69 Å². The minimum Gasteiger partial charge on any atom is -0.382 e. The van der Waals surface area contributed by atoms with E-state index in [0.717, 1.165) is 38.4 Å². The molecule has 1 aliphatic heterocycles. The third kappa shape index (κ3) is 4.70. The Bertz CT molecular complexity index is 953. The summed E-state index contributed by atoms with van der Waals surface area (Å²) >= 11 is 0. The maximum absolute atomic E-state index is 12.3. The van der Waals surface area contributed by atoms with Gasteiger partial charge in [-0.25, -0.2) is 9.97 Å². The van der Waals surface area contributed by atoms with E-state index < -0.39 is 0 Å². The Labute approximate surface area is 170 Å². The first-order valence-electron chi connectivity index (χ1n) is 9.68. The number of hydrogen-bond donors (Lipinski definition) is 2. The molecule has 0 unspecified atom stereocenters. The number of carbonyl (C=O) groups is 1. The molecule has 3 aromatic rings. The monoisotopic (exact) mass is 388 g/mol. The van der Waals surface area contributed by atoms with Gasteiger partial charge in [-0.2, -0.15) is 0 Å². The van der Waals surface area contributed by atoms with Gasteiger partial charge in [0.05, 0.1) is 0 Å². The summed E-state index contributed by atoms with van der Waals surface area (Å²) in [6, 6.07) is 18.4. The molecule has 0 bridgehead atoms. The summed E-state index contributed by atoms with van der Waals surface area (Å²) in [6.07, 6.45) is 2.91. The third-order valence-electron chi connectivity index (χ3n) is 5.05. The summed E-state index contributed by atoms with van der Waals surface area (Å²) < 4.78 is 0. The highest BCUT2D eigenvalue weighted by atomic mass is 16.1. The van der Waals surface area contributed by atoms with Crippen LogP contribution in [0.3, 0.4) is 0 Å². The Morgan fingerprint density at radius 2 is 1.62 bits per heavy atom. The van der Waals surface area contributed by atoms with E-state index in [9.17, 15) is 4.79 Å². The SMILES string of the molecule is Nc1nccnc1C(=O)Nc1ccc(N2CCN(Cc3ccccc3)CC2)cc1. The Kier molecular flexibility index (Phi) is 5.67. The van der Waals surface area contributed by atoms with Crippen LogP contribution in [0, 0.1) is 0 Å². The molecule has 1 saturated heterocycles. The highest BCUT2D eigenvalue weighted by Crippen LogP contribution is 2.21. The van der Waals surface area contributed by atoms with Crippen molar-refractivity contribution in [2.24, 2.45) is 0 Å². The molecule has 1 aromatic heterocycles. The van der Waals surface area contributed by atoms with E-state index in [1.807, 2.05) is 24.3 Å². The van der Waals surface area contributed by atoms with Crippen molar-refractivity contribution in [1.82, 2.24) is 14.9 Å². The quantitative estimate of drug-likeness (QED) is 0.699. The average molecular weight is 388 g/mol. The highest BCUT2D eigenvalue weighted by Gasteiger charge is 2.18. The molecule has 29 heavy (non-hydrogen) atoms. The normalized spacial score (nSPS) is 14.6. The van der Waals surface area contributed by atoms with E-state index >= 15 is 0 Å².